The third-order valence-electron chi connectivity index (χ3n) is 0. The van der Waals surface area contributed by atoms with Crippen molar-refractivity contribution in [2.75, 3.05) is 0 Å². The molecule has 0 saturated heterocycles. The molecular weight excluding hydrogens is 133 g/mol. The fraction of sp³-hybridized carbons (Fsp3) is 0. The molecule has 0 heterocycles. The van der Waals surface area contributed by atoms with Crippen molar-refractivity contribution in [1.29, 1.82) is 0 Å². The maximum atomic E-state index is 3.00. The second kappa shape index (κ2) is 2790. The van der Waals surface area contributed by atoms with E-state index in [4.69, 9.17) is 0 Å². The van der Waals surface area contributed by atoms with Crippen LogP contribution in [-0.4, -0.2) is 0 Å². The molecule has 6 heavy (non-hydrogen) atoms. The van der Waals surface area contributed by atoms with Gasteiger partial charge in [0.05, 0.1) is 0 Å². The first-order chi connectivity index (χ1) is 1.00. The predicted octanol–water partition coefficient (Wildman–Crippen LogP) is -11.2. The molecule has 0 nitrogen and oxygen atoms in total. The van der Waals surface area contributed by atoms with E-state index in [1.54, 1.807) is 0 Å². The van der Waals surface area contributed by atoms with E-state index >= 15 is 0 Å². The first kappa shape index (κ1) is 119. The summed E-state index contributed by atoms with van der Waals surface area (Å²) in [7, 11) is 0. The SMILES string of the molecule is C=C.[Cl-].[Cl-].[F-].[F-]. The van der Waals surface area contributed by atoms with E-state index in [1.165, 1.54) is 0 Å². The lowest BCUT2D eigenvalue weighted by molar-refractivity contribution is -0.00100. The zero-order valence-electron chi connectivity index (χ0n) is 2.93. The summed E-state index contributed by atoms with van der Waals surface area (Å²) in [6.45, 7) is 6.00. The van der Waals surface area contributed by atoms with E-state index in [2.05, 4.69) is 13.2 Å². The summed E-state index contributed by atoms with van der Waals surface area (Å²) in [4.78, 5) is 0. The molecule has 0 saturated carbocycles. The molecule has 0 aliphatic carbocycles. The van der Waals surface area contributed by atoms with E-state index in [0.717, 1.165) is 0 Å². The van der Waals surface area contributed by atoms with Gasteiger partial charge in [-0.1, -0.05) is 0 Å². The van der Waals surface area contributed by atoms with Crippen molar-refractivity contribution < 1.29 is 34.2 Å². The monoisotopic (exact) mass is 136 g/mol. The Morgan fingerprint density at radius 1 is 0.667 bits per heavy atom. The summed E-state index contributed by atoms with van der Waals surface area (Å²) >= 11 is 0. The first-order valence-corrected chi connectivity index (χ1v) is 0.500. The lowest BCUT2D eigenvalue weighted by atomic mass is 11.3. The second-order valence-electron chi connectivity index (χ2n) is 0. The second-order valence-corrected chi connectivity index (χ2v) is 0. The summed E-state index contributed by atoms with van der Waals surface area (Å²) < 4.78 is 0. The van der Waals surface area contributed by atoms with Crippen molar-refractivity contribution in [3.8, 4) is 0 Å². The van der Waals surface area contributed by atoms with Crippen LogP contribution in [0.15, 0.2) is 13.2 Å². The van der Waals surface area contributed by atoms with Gasteiger partial charge < -0.3 is 34.2 Å². The number of hydrogen-bond donors (Lipinski definition) is 0. The highest BCUT2D eigenvalue weighted by Crippen LogP contribution is 0.862. The minimum Gasteiger partial charge on any atom is -1.00 e. The van der Waals surface area contributed by atoms with Crippen molar-refractivity contribution in [2.45, 2.75) is 0 Å². The van der Waals surface area contributed by atoms with Crippen LogP contribution >= 0.6 is 0 Å². The van der Waals surface area contributed by atoms with Crippen LogP contribution in [0.1, 0.15) is 0 Å². The maximum absolute atomic E-state index is 3.00. The van der Waals surface area contributed by atoms with Gasteiger partial charge in [0.1, 0.15) is 0 Å². The molecule has 0 aromatic rings. The van der Waals surface area contributed by atoms with E-state index in [1.807, 2.05) is 0 Å². The Morgan fingerprint density at radius 2 is 0.667 bits per heavy atom. The van der Waals surface area contributed by atoms with E-state index in [0.29, 0.717) is 0 Å². The van der Waals surface area contributed by atoms with E-state index < -0.39 is 0 Å². The van der Waals surface area contributed by atoms with Crippen LogP contribution in [0.5, 0.6) is 0 Å². The Kier molecular flexibility index (Phi) is 55400. The maximum Gasteiger partial charge on any atom is -0.106 e. The Balaban J connectivity index is -0.000000000833. The topological polar surface area (TPSA) is 0 Å². The van der Waals surface area contributed by atoms with Gasteiger partial charge in [-0.2, -0.15) is 0 Å². The van der Waals surface area contributed by atoms with Gasteiger partial charge in [-0.25, -0.2) is 0 Å². The summed E-state index contributed by atoms with van der Waals surface area (Å²) in [6.07, 6.45) is 0. The van der Waals surface area contributed by atoms with Crippen LogP contribution in [0.2, 0.25) is 0 Å². The molecule has 0 unspecified atom stereocenters. The van der Waals surface area contributed by atoms with Crippen molar-refractivity contribution in [3.05, 3.63) is 13.2 Å². The summed E-state index contributed by atoms with van der Waals surface area (Å²) in [5.41, 5.74) is 0. The van der Waals surface area contributed by atoms with E-state index in [9.17, 15) is 0 Å². The van der Waals surface area contributed by atoms with Crippen LogP contribution < -0.4 is 34.2 Å². The van der Waals surface area contributed by atoms with Crippen LogP contribution in [-0.2, 0) is 0 Å². The summed E-state index contributed by atoms with van der Waals surface area (Å²) in [5.74, 6) is 0. The Hall–Kier alpha value is 0.180. The molecule has 0 aromatic heterocycles. The number of halogens is 4. The van der Waals surface area contributed by atoms with Crippen LogP contribution in [0.25, 0.3) is 0 Å². The molecule has 0 rings (SSSR count). The molecular formula is C2H4Cl2F2-4. The van der Waals surface area contributed by atoms with Crippen molar-refractivity contribution in [3.63, 3.8) is 0 Å². The van der Waals surface area contributed by atoms with Gasteiger partial charge in [-0.05, 0) is 0 Å². The molecule has 0 spiro atoms. The molecule has 0 N–H and O–H groups in total. The number of hydrogen-bond acceptors (Lipinski definition) is 0. The predicted molar refractivity (Wildman–Crippen MR) is 11.3 cm³/mol. The fourth-order valence-electron chi connectivity index (χ4n) is 0. The molecule has 44 valence electrons. The number of rotatable bonds is 0. The summed E-state index contributed by atoms with van der Waals surface area (Å²) in [5, 5.41) is 0. The van der Waals surface area contributed by atoms with Gasteiger partial charge >= 0.3 is 0 Å². The van der Waals surface area contributed by atoms with Crippen molar-refractivity contribution >= 4 is 0 Å². The average molecular weight is 137 g/mol. The van der Waals surface area contributed by atoms with Gasteiger partial charge in [0.15, 0.2) is 0 Å². The van der Waals surface area contributed by atoms with Crippen LogP contribution in [0.4, 0.5) is 0 Å². The molecule has 0 radical (unpaired) electrons. The largest absolute Gasteiger partial charge is 1.00 e. The molecule has 0 aromatic carbocycles. The van der Waals surface area contributed by atoms with Crippen molar-refractivity contribution in [1.82, 2.24) is 0 Å². The highest BCUT2D eigenvalue weighted by atomic mass is 35.5. The Morgan fingerprint density at radius 3 is 0.667 bits per heavy atom. The van der Waals surface area contributed by atoms with Gasteiger partial charge in [0.25, 0.3) is 0 Å². The lowest BCUT2D eigenvalue weighted by Gasteiger charge is -1.00. The van der Waals surface area contributed by atoms with E-state index in [-0.39, 0.29) is 34.2 Å². The molecule has 4 heteroatoms. The third kappa shape index (κ3) is 1300. The minimum absolute atomic E-state index is 0. The molecule has 0 aliphatic heterocycles. The van der Waals surface area contributed by atoms with Crippen LogP contribution in [0, 0.1) is 0 Å². The average Bonchev–Trinajstić information content (AvgIpc) is 1.00. The van der Waals surface area contributed by atoms with Gasteiger partial charge in [-0.15, -0.1) is 13.2 Å². The molecule has 0 bridgehead atoms. The fourth-order valence-corrected chi connectivity index (χ4v) is 0. The highest BCUT2D eigenvalue weighted by molar-refractivity contribution is 4.22. The Bertz CT molecular complexity index is 9.51. The lowest BCUT2D eigenvalue weighted by Crippen LogP contribution is -3.00. The molecule has 0 atom stereocenters. The minimum atomic E-state index is 0. The molecule has 0 amide bonds. The van der Waals surface area contributed by atoms with Gasteiger partial charge in [0.2, 0.25) is 0 Å². The first-order valence-electron chi connectivity index (χ1n) is 0.500. The van der Waals surface area contributed by atoms with Crippen LogP contribution in [0.3, 0.4) is 0 Å². The van der Waals surface area contributed by atoms with Crippen molar-refractivity contribution in [2.24, 2.45) is 0 Å². The molecule has 0 fully saturated rings. The zero-order chi connectivity index (χ0) is 2.00. The quantitative estimate of drug-likeness (QED) is 0.291. The van der Waals surface area contributed by atoms with Gasteiger partial charge in [0, 0.05) is 0 Å². The highest BCUT2D eigenvalue weighted by Gasteiger charge is 0.601. The zero-order valence-corrected chi connectivity index (χ0v) is 4.44. The molecule has 0 aliphatic rings. The normalized spacial score (nSPS) is 0.667. The summed E-state index contributed by atoms with van der Waals surface area (Å²) in [6, 6.07) is 0. The Labute approximate surface area is 48.2 Å². The standard InChI is InChI=1S/C2H4.2ClH.2FH/c1-2;;;;/h1-2H2;4*1H/p-4. The third-order valence-corrected chi connectivity index (χ3v) is 0. The smallest absolute Gasteiger partial charge is 0.106 e. The van der Waals surface area contributed by atoms with Gasteiger partial charge in [-0.3, -0.25) is 0 Å².